The van der Waals surface area contributed by atoms with E-state index in [2.05, 4.69) is 10.3 Å². The number of hydrogen-bond donors (Lipinski definition) is 1. The zero-order valence-electron chi connectivity index (χ0n) is 15.7. The maximum Gasteiger partial charge on any atom is 0.244 e. The van der Waals surface area contributed by atoms with Gasteiger partial charge in [-0.1, -0.05) is 48.0 Å². The Morgan fingerprint density at radius 3 is 2.59 bits per heavy atom. The van der Waals surface area contributed by atoms with Crippen LogP contribution in [0, 0.1) is 6.92 Å². The third-order valence-electron chi connectivity index (χ3n) is 4.36. The van der Waals surface area contributed by atoms with Crippen molar-refractivity contribution in [1.82, 2.24) is 14.9 Å². The van der Waals surface area contributed by atoms with Crippen LogP contribution in [0.3, 0.4) is 0 Å². The third kappa shape index (κ3) is 4.44. The standard InChI is InChI=1S/C22H23N3O2/c1-16-8-10-17(11-9-16)12-13-20(26)24-21(22-23-14-15-25(22)2)18-6-4-5-7-19(18)27-3/h4-15,21H,1-3H3,(H,24,26)/b13-12+. The Hall–Kier alpha value is -3.34. The van der Waals surface area contributed by atoms with Gasteiger partial charge in [-0.05, 0) is 24.6 Å². The van der Waals surface area contributed by atoms with E-state index in [0.29, 0.717) is 5.75 Å². The second kappa shape index (κ2) is 8.36. The van der Waals surface area contributed by atoms with Crippen LogP contribution in [0.2, 0.25) is 0 Å². The Bertz CT molecular complexity index is 942. The number of ether oxygens (including phenoxy) is 1. The molecule has 1 N–H and O–H groups in total. The normalized spacial score (nSPS) is 12.1. The molecule has 1 unspecified atom stereocenters. The molecule has 0 bridgehead atoms. The van der Waals surface area contributed by atoms with E-state index in [-0.39, 0.29) is 5.91 Å². The lowest BCUT2D eigenvalue weighted by molar-refractivity contribution is -0.117. The Morgan fingerprint density at radius 1 is 1.19 bits per heavy atom. The van der Waals surface area contributed by atoms with Crippen LogP contribution in [0.15, 0.2) is 67.0 Å². The molecule has 138 valence electrons. The van der Waals surface area contributed by atoms with Gasteiger partial charge in [0.25, 0.3) is 0 Å². The van der Waals surface area contributed by atoms with Crippen molar-refractivity contribution in [3.8, 4) is 5.75 Å². The van der Waals surface area contributed by atoms with E-state index < -0.39 is 6.04 Å². The summed E-state index contributed by atoms with van der Waals surface area (Å²) in [6.07, 6.45) is 6.90. The molecular formula is C22H23N3O2. The van der Waals surface area contributed by atoms with Crippen LogP contribution < -0.4 is 10.1 Å². The molecule has 0 fully saturated rings. The number of aromatic nitrogens is 2. The summed E-state index contributed by atoms with van der Waals surface area (Å²) in [5.41, 5.74) is 3.01. The first-order valence-corrected chi connectivity index (χ1v) is 8.74. The summed E-state index contributed by atoms with van der Waals surface area (Å²) in [5.74, 6) is 1.24. The Labute approximate surface area is 159 Å². The van der Waals surface area contributed by atoms with Gasteiger partial charge in [-0.15, -0.1) is 0 Å². The molecule has 1 heterocycles. The molecule has 3 aromatic rings. The molecule has 0 spiro atoms. The number of hydrogen-bond acceptors (Lipinski definition) is 3. The van der Waals surface area contributed by atoms with Gasteiger partial charge in [-0.2, -0.15) is 0 Å². The maximum absolute atomic E-state index is 12.6. The molecule has 5 nitrogen and oxygen atoms in total. The summed E-state index contributed by atoms with van der Waals surface area (Å²) >= 11 is 0. The van der Waals surface area contributed by atoms with Crippen LogP contribution in [0.1, 0.15) is 28.6 Å². The van der Waals surface area contributed by atoms with Gasteiger partial charge in [0.1, 0.15) is 17.6 Å². The number of nitrogens with zero attached hydrogens (tertiary/aromatic N) is 2. The molecule has 1 amide bonds. The number of para-hydroxylation sites is 1. The highest BCUT2D eigenvalue weighted by Crippen LogP contribution is 2.29. The molecule has 0 aliphatic carbocycles. The molecule has 0 aliphatic rings. The van der Waals surface area contributed by atoms with Gasteiger partial charge in [-0.3, -0.25) is 4.79 Å². The zero-order chi connectivity index (χ0) is 19.2. The van der Waals surface area contributed by atoms with Crippen molar-refractivity contribution in [2.45, 2.75) is 13.0 Å². The summed E-state index contributed by atoms with van der Waals surface area (Å²) < 4.78 is 7.37. The second-order valence-electron chi connectivity index (χ2n) is 6.32. The number of carbonyl (C=O) groups is 1. The first-order valence-electron chi connectivity index (χ1n) is 8.74. The average molecular weight is 361 g/mol. The fourth-order valence-corrected chi connectivity index (χ4v) is 2.88. The Morgan fingerprint density at radius 2 is 1.93 bits per heavy atom. The van der Waals surface area contributed by atoms with E-state index in [1.807, 2.05) is 73.3 Å². The number of rotatable bonds is 6. The minimum Gasteiger partial charge on any atom is -0.496 e. The predicted octanol–water partition coefficient (Wildman–Crippen LogP) is 3.66. The monoisotopic (exact) mass is 361 g/mol. The minimum absolute atomic E-state index is 0.200. The number of aryl methyl sites for hydroxylation is 2. The van der Waals surface area contributed by atoms with Crippen molar-refractivity contribution in [3.05, 3.63) is 89.5 Å². The Kier molecular flexibility index (Phi) is 5.71. The lowest BCUT2D eigenvalue weighted by atomic mass is 10.0. The van der Waals surface area contributed by atoms with Gasteiger partial charge < -0.3 is 14.6 Å². The van der Waals surface area contributed by atoms with E-state index in [1.54, 1.807) is 19.4 Å². The highest BCUT2D eigenvalue weighted by molar-refractivity contribution is 5.92. The molecule has 0 aliphatic heterocycles. The SMILES string of the molecule is COc1ccccc1C(NC(=O)/C=C/c1ccc(C)cc1)c1nccn1C. The summed E-state index contributed by atoms with van der Waals surface area (Å²) in [7, 11) is 3.52. The highest BCUT2D eigenvalue weighted by Gasteiger charge is 2.22. The lowest BCUT2D eigenvalue weighted by Gasteiger charge is -2.20. The van der Waals surface area contributed by atoms with Crippen LogP contribution in [0.4, 0.5) is 0 Å². The van der Waals surface area contributed by atoms with E-state index >= 15 is 0 Å². The van der Waals surface area contributed by atoms with E-state index in [0.717, 1.165) is 17.0 Å². The molecule has 1 atom stereocenters. The molecular weight excluding hydrogens is 338 g/mol. The van der Waals surface area contributed by atoms with Gasteiger partial charge in [-0.25, -0.2) is 4.98 Å². The van der Waals surface area contributed by atoms with Crippen molar-refractivity contribution >= 4 is 12.0 Å². The van der Waals surface area contributed by atoms with Gasteiger partial charge in [0.15, 0.2) is 0 Å². The van der Waals surface area contributed by atoms with Crippen molar-refractivity contribution in [2.24, 2.45) is 7.05 Å². The lowest BCUT2D eigenvalue weighted by Crippen LogP contribution is -2.30. The molecule has 1 aromatic heterocycles. The van der Waals surface area contributed by atoms with Gasteiger partial charge in [0.05, 0.1) is 7.11 Å². The molecule has 3 rings (SSSR count). The predicted molar refractivity (Wildman–Crippen MR) is 106 cm³/mol. The second-order valence-corrected chi connectivity index (χ2v) is 6.32. The molecule has 0 saturated carbocycles. The largest absolute Gasteiger partial charge is 0.496 e. The van der Waals surface area contributed by atoms with Gasteiger partial charge in [0, 0.05) is 31.1 Å². The van der Waals surface area contributed by atoms with Gasteiger partial charge >= 0.3 is 0 Å². The number of imidazole rings is 1. The van der Waals surface area contributed by atoms with E-state index in [1.165, 1.54) is 11.6 Å². The summed E-state index contributed by atoms with van der Waals surface area (Å²) in [5, 5.41) is 3.04. The number of benzene rings is 2. The van der Waals surface area contributed by atoms with Crippen molar-refractivity contribution in [3.63, 3.8) is 0 Å². The van der Waals surface area contributed by atoms with Crippen LogP contribution in [0.5, 0.6) is 5.75 Å². The van der Waals surface area contributed by atoms with Crippen molar-refractivity contribution in [2.75, 3.05) is 7.11 Å². The topological polar surface area (TPSA) is 56.1 Å². The molecule has 5 heteroatoms. The number of carbonyl (C=O) groups excluding carboxylic acids is 1. The van der Waals surface area contributed by atoms with Crippen molar-refractivity contribution < 1.29 is 9.53 Å². The smallest absolute Gasteiger partial charge is 0.244 e. The average Bonchev–Trinajstić information content (AvgIpc) is 3.11. The Balaban J connectivity index is 1.86. The van der Waals surface area contributed by atoms with E-state index in [4.69, 9.17) is 4.74 Å². The van der Waals surface area contributed by atoms with Crippen LogP contribution in [0.25, 0.3) is 6.08 Å². The first-order chi connectivity index (χ1) is 13.1. The van der Waals surface area contributed by atoms with Crippen LogP contribution >= 0.6 is 0 Å². The summed E-state index contributed by atoms with van der Waals surface area (Å²) in [6.45, 7) is 2.03. The van der Waals surface area contributed by atoms with Crippen LogP contribution in [-0.4, -0.2) is 22.6 Å². The summed E-state index contributed by atoms with van der Waals surface area (Å²) in [6, 6.07) is 15.2. The number of methoxy groups -OCH3 is 1. The third-order valence-corrected chi connectivity index (χ3v) is 4.36. The minimum atomic E-state index is -0.420. The van der Waals surface area contributed by atoms with Crippen LogP contribution in [-0.2, 0) is 11.8 Å². The molecule has 0 saturated heterocycles. The molecule has 2 aromatic carbocycles. The number of nitrogens with one attached hydrogen (secondary N) is 1. The quantitative estimate of drug-likeness (QED) is 0.682. The fraction of sp³-hybridized carbons (Fsp3) is 0.182. The fourth-order valence-electron chi connectivity index (χ4n) is 2.88. The number of amides is 1. The van der Waals surface area contributed by atoms with Crippen molar-refractivity contribution in [1.29, 1.82) is 0 Å². The molecule has 0 radical (unpaired) electrons. The highest BCUT2D eigenvalue weighted by atomic mass is 16.5. The zero-order valence-corrected chi connectivity index (χ0v) is 15.7. The first kappa shape index (κ1) is 18.5. The summed E-state index contributed by atoms with van der Waals surface area (Å²) in [4.78, 5) is 17.0. The molecule has 27 heavy (non-hydrogen) atoms. The van der Waals surface area contributed by atoms with E-state index in [9.17, 15) is 4.79 Å². The maximum atomic E-state index is 12.6. The van der Waals surface area contributed by atoms with Gasteiger partial charge in [0.2, 0.25) is 5.91 Å².